The van der Waals surface area contributed by atoms with Gasteiger partial charge in [-0.3, -0.25) is 14.4 Å². The number of nitrogens with zero attached hydrogens (tertiary/aromatic N) is 2. The number of fused-ring (bicyclic) bond motifs is 2. The molecular formula is C28H45N5O4. The first kappa shape index (κ1) is 28.7. The van der Waals surface area contributed by atoms with E-state index >= 15 is 0 Å². The zero-order chi connectivity index (χ0) is 27.3. The Balaban J connectivity index is 1.83. The van der Waals surface area contributed by atoms with Gasteiger partial charge in [-0.05, 0) is 63.2 Å². The fourth-order valence-corrected chi connectivity index (χ4v) is 5.60. The second-order valence-electron chi connectivity index (χ2n) is 11.8. The number of nitrogens with two attached hydrogens (primary N) is 1. The number of nitrogens with one attached hydrogen (secondary N) is 2. The van der Waals surface area contributed by atoms with E-state index < -0.39 is 11.3 Å². The Hall–Kier alpha value is -2.84. The molecule has 2 fully saturated rings. The summed E-state index contributed by atoms with van der Waals surface area (Å²) < 4.78 is 7.53. The zero-order valence-corrected chi connectivity index (χ0v) is 23.3. The number of hydrogen-bond donors (Lipinski definition) is 3. The predicted molar refractivity (Wildman–Crippen MR) is 144 cm³/mol. The van der Waals surface area contributed by atoms with Gasteiger partial charge in [0.1, 0.15) is 5.56 Å². The molecule has 0 radical (unpaired) electrons. The van der Waals surface area contributed by atoms with Crippen molar-refractivity contribution in [1.29, 1.82) is 0 Å². The Morgan fingerprint density at radius 1 is 1.19 bits per heavy atom. The van der Waals surface area contributed by atoms with E-state index in [1.54, 1.807) is 26.1 Å². The van der Waals surface area contributed by atoms with Gasteiger partial charge in [-0.15, -0.1) is 0 Å². The molecule has 4 N–H and O–H groups in total. The molecule has 0 saturated heterocycles. The summed E-state index contributed by atoms with van der Waals surface area (Å²) in [7, 11) is 0. The summed E-state index contributed by atoms with van der Waals surface area (Å²) in [6, 6.07) is 0.195. The molecule has 2 bridgehead atoms. The van der Waals surface area contributed by atoms with E-state index in [9.17, 15) is 14.4 Å². The molecule has 3 rings (SSSR count). The zero-order valence-electron chi connectivity index (χ0n) is 23.3. The van der Waals surface area contributed by atoms with Crippen molar-refractivity contribution in [2.45, 2.75) is 92.2 Å². The lowest BCUT2D eigenvalue weighted by Crippen LogP contribution is -2.54. The molecule has 206 valence electrons. The van der Waals surface area contributed by atoms with Crippen molar-refractivity contribution in [3.05, 3.63) is 17.8 Å². The highest BCUT2D eigenvalue weighted by molar-refractivity contribution is 5.96. The number of rotatable bonds is 11. The van der Waals surface area contributed by atoms with Gasteiger partial charge in [0.05, 0.1) is 18.2 Å². The molecule has 1 aromatic rings. The van der Waals surface area contributed by atoms with Crippen LogP contribution in [0.25, 0.3) is 6.20 Å². The molecule has 0 spiro atoms. The van der Waals surface area contributed by atoms with Crippen molar-refractivity contribution < 1.29 is 19.1 Å². The first-order valence-corrected chi connectivity index (χ1v) is 13.7. The Bertz CT molecular complexity index is 999. The van der Waals surface area contributed by atoms with Gasteiger partial charge in [-0.2, -0.15) is 5.10 Å². The average Bonchev–Trinajstić information content (AvgIpc) is 3.25. The van der Waals surface area contributed by atoms with E-state index in [0.717, 1.165) is 32.1 Å². The molecule has 2 aliphatic carbocycles. The number of aromatic nitrogens is 2. The van der Waals surface area contributed by atoms with Gasteiger partial charge in [-0.1, -0.05) is 40.2 Å². The van der Waals surface area contributed by atoms with Crippen LogP contribution in [0.1, 0.15) is 90.4 Å². The maximum atomic E-state index is 13.6. The quantitative estimate of drug-likeness (QED) is 0.414. The SMILES string of the molecule is CCC(=O)N[C@H]1CC2CC(CC)[C@@H](NC(=O)c3cnn(/C=C/C(C)(C)C(N)=O)c3OCC(C)C)C(C2)C1. The van der Waals surface area contributed by atoms with Crippen LogP contribution in [-0.4, -0.2) is 46.2 Å². The lowest BCUT2D eigenvalue weighted by atomic mass is 9.63. The van der Waals surface area contributed by atoms with Crippen molar-refractivity contribution in [3.8, 4) is 5.88 Å². The second kappa shape index (κ2) is 12.1. The molecular weight excluding hydrogens is 470 g/mol. The summed E-state index contributed by atoms with van der Waals surface area (Å²) in [4.78, 5) is 37.4. The summed E-state index contributed by atoms with van der Waals surface area (Å²) in [6.07, 6.45) is 10.3. The minimum Gasteiger partial charge on any atom is -0.477 e. The number of amides is 3. The maximum Gasteiger partial charge on any atom is 0.258 e. The van der Waals surface area contributed by atoms with Crippen LogP contribution in [0.2, 0.25) is 0 Å². The van der Waals surface area contributed by atoms with Crippen LogP contribution in [-0.2, 0) is 9.59 Å². The molecule has 9 nitrogen and oxygen atoms in total. The molecule has 3 unspecified atom stereocenters. The summed E-state index contributed by atoms with van der Waals surface area (Å²) >= 11 is 0. The maximum absolute atomic E-state index is 13.6. The Kier molecular flexibility index (Phi) is 9.42. The highest BCUT2D eigenvalue weighted by atomic mass is 16.5. The molecule has 0 aliphatic heterocycles. The van der Waals surface area contributed by atoms with E-state index in [4.69, 9.17) is 10.5 Å². The fourth-order valence-electron chi connectivity index (χ4n) is 5.60. The molecule has 2 aliphatic rings. The summed E-state index contributed by atoms with van der Waals surface area (Å²) in [5.74, 6) is 1.30. The topological polar surface area (TPSA) is 128 Å². The normalized spacial score (nSPS) is 25.8. The molecule has 1 aromatic heterocycles. The van der Waals surface area contributed by atoms with Gasteiger partial charge in [-0.25, -0.2) is 4.68 Å². The van der Waals surface area contributed by atoms with E-state index in [0.29, 0.717) is 42.2 Å². The number of carbonyl (C=O) groups excluding carboxylic acids is 3. The van der Waals surface area contributed by atoms with Gasteiger partial charge in [0, 0.05) is 24.7 Å². The number of hydrogen-bond acceptors (Lipinski definition) is 5. The third-order valence-corrected chi connectivity index (χ3v) is 7.82. The number of carbonyl (C=O) groups is 3. The van der Waals surface area contributed by atoms with Crippen molar-refractivity contribution in [2.24, 2.45) is 34.8 Å². The predicted octanol–water partition coefficient (Wildman–Crippen LogP) is 3.74. The molecule has 0 aromatic carbocycles. The standard InChI is InChI=1S/C28H45N5O4/c1-7-19-11-18-12-20(14-21(13-18)31-23(34)8-2)24(19)32-25(35)22-15-30-33(26(22)37-16-17(3)4)10-9-28(5,6)27(29)36/h9-10,15,17-21,24H,7-8,11-14,16H2,1-6H3,(H2,29,36)(H,31,34)(H,32,35)/b10-9+/t18?,19?,20?,21-,24+/m0/s1. The third-order valence-electron chi connectivity index (χ3n) is 7.82. The Labute approximate surface area is 220 Å². The summed E-state index contributed by atoms with van der Waals surface area (Å²) in [5.41, 5.74) is 4.99. The second-order valence-corrected chi connectivity index (χ2v) is 11.8. The summed E-state index contributed by atoms with van der Waals surface area (Å²) in [5, 5.41) is 10.9. The molecule has 1 heterocycles. The van der Waals surface area contributed by atoms with Gasteiger partial charge in [0.15, 0.2) is 0 Å². The first-order valence-electron chi connectivity index (χ1n) is 13.7. The van der Waals surface area contributed by atoms with Crippen LogP contribution in [0.5, 0.6) is 5.88 Å². The van der Waals surface area contributed by atoms with Crippen LogP contribution in [0, 0.1) is 29.1 Å². The van der Waals surface area contributed by atoms with Crippen LogP contribution in [0.15, 0.2) is 12.3 Å². The van der Waals surface area contributed by atoms with Crippen LogP contribution in [0.3, 0.4) is 0 Å². The minimum absolute atomic E-state index is 0.0284. The van der Waals surface area contributed by atoms with Gasteiger partial charge >= 0.3 is 0 Å². The highest BCUT2D eigenvalue weighted by Gasteiger charge is 2.43. The molecule has 9 heteroatoms. The summed E-state index contributed by atoms with van der Waals surface area (Å²) in [6.45, 7) is 12.0. The van der Waals surface area contributed by atoms with E-state index in [2.05, 4.69) is 22.7 Å². The smallest absolute Gasteiger partial charge is 0.258 e. The molecule has 3 amide bonds. The fraction of sp³-hybridized carbons (Fsp3) is 0.714. The van der Waals surface area contributed by atoms with Crippen molar-refractivity contribution in [1.82, 2.24) is 20.4 Å². The molecule has 37 heavy (non-hydrogen) atoms. The van der Waals surface area contributed by atoms with Crippen molar-refractivity contribution in [3.63, 3.8) is 0 Å². The Morgan fingerprint density at radius 2 is 1.92 bits per heavy atom. The first-order chi connectivity index (χ1) is 17.4. The van der Waals surface area contributed by atoms with Gasteiger partial charge in [0.25, 0.3) is 5.91 Å². The number of primary amides is 1. The lowest BCUT2D eigenvalue weighted by molar-refractivity contribution is -0.124. The monoisotopic (exact) mass is 515 g/mol. The van der Waals surface area contributed by atoms with Crippen LogP contribution in [0.4, 0.5) is 0 Å². The van der Waals surface area contributed by atoms with Gasteiger partial charge in [0.2, 0.25) is 17.7 Å². The van der Waals surface area contributed by atoms with E-state index in [1.165, 1.54) is 10.9 Å². The molecule has 2 saturated carbocycles. The van der Waals surface area contributed by atoms with Crippen molar-refractivity contribution >= 4 is 23.9 Å². The highest BCUT2D eigenvalue weighted by Crippen LogP contribution is 2.44. The molecule has 5 atom stereocenters. The van der Waals surface area contributed by atoms with E-state index in [1.807, 2.05) is 20.8 Å². The Morgan fingerprint density at radius 3 is 2.54 bits per heavy atom. The van der Waals surface area contributed by atoms with E-state index in [-0.39, 0.29) is 29.8 Å². The van der Waals surface area contributed by atoms with Crippen LogP contribution >= 0.6 is 0 Å². The van der Waals surface area contributed by atoms with Gasteiger partial charge < -0.3 is 21.1 Å². The third kappa shape index (κ3) is 7.14. The van der Waals surface area contributed by atoms with Crippen LogP contribution < -0.4 is 21.1 Å². The largest absolute Gasteiger partial charge is 0.477 e. The minimum atomic E-state index is -0.874. The average molecular weight is 516 g/mol. The van der Waals surface area contributed by atoms with Crippen molar-refractivity contribution in [2.75, 3.05) is 6.61 Å². The lowest BCUT2D eigenvalue weighted by Gasteiger charge is -2.48. The number of ether oxygens (including phenoxy) is 1.